The van der Waals surface area contributed by atoms with Gasteiger partial charge < -0.3 is 14.8 Å². The van der Waals surface area contributed by atoms with Gasteiger partial charge in [0, 0.05) is 25.2 Å². The van der Waals surface area contributed by atoms with Crippen molar-refractivity contribution < 1.29 is 14.3 Å². The highest BCUT2D eigenvalue weighted by Crippen LogP contribution is 2.20. The van der Waals surface area contributed by atoms with E-state index in [0.29, 0.717) is 18.4 Å². The van der Waals surface area contributed by atoms with E-state index in [-0.39, 0.29) is 18.6 Å². The molecule has 29 heavy (non-hydrogen) atoms. The van der Waals surface area contributed by atoms with E-state index in [0.717, 1.165) is 38.1 Å². The van der Waals surface area contributed by atoms with Gasteiger partial charge in [-0.15, -0.1) is 0 Å². The van der Waals surface area contributed by atoms with Crippen molar-refractivity contribution in [2.45, 2.75) is 51.7 Å². The summed E-state index contributed by atoms with van der Waals surface area (Å²) in [6, 6.07) is 18.6. The standard InChI is InChI=1S/C24H32N2O3/c1-3-15-28-22-9-11-23(12-10-22)29-18-24(27)25-21-13-14-26(19(2)16-21)17-20-7-5-4-6-8-20/h4-12,19,21H,3,13-18H2,1-2H3,(H,25,27)/t19-,21+/m1/s1. The Labute approximate surface area is 174 Å². The fourth-order valence-electron chi connectivity index (χ4n) is 3.67. The number of carbonyl (C=O) groups excluding carboxylic acids is 1. The lowest BCUT2D eigenvalue weighted by Crippen LogP contribution is -2.49. The Balaban J connectivity index is 1.39. The van der Waals surface area contributed by atoms with Crippen LogP contribution in [0.25, 0.3) is 0 Å². The molecule has 5 heteroatoms. The van der Waals surface area contributed by atoms with Gasteiger partial charge in [0.05, 0.1) is 6.61 Å². The summed E-state index contributed by atoms with van der Waals surface area (Å²) in [4.78, 5) is 14.8. The van der Waals surface area contributed by atoms with E-state index in [4.69, 9.17) is 9.47 Å². The molecule has 1 N–H and O–H groups in total. The molecule has 1 aliphatic rings. The Morgan fingerprint density at radius 3 is 2.41 bits per heavy atom. The van der Waals surface area contributed by atoms with E-state index < -0.39 is 0 Å². The summed E-state index contributed by atoms with van der Waals surface area (Å²) >= 11 is 0. The number of ether oxygens (including phenoxy) is 2. The first-order valence-corrected chi connectivity index (χ1v) is 10.6. The largest absolute Gasteiger partial charge is 0.494 e. The van der Waals surface area contributed by atoms with Gasteiger partial charge in [0.2, 0.25) is 0 Å². The van der Waals surface area contributed by atoms with Crippen molar-refractivity contribution in [3.05, 3.63) is 60.2 Å². The number of rotatable bonds is 9. The average molecular weight is 397 g/mol. The molecule has 0 bridgehead atoms. The van der Waals surface area contributed by atoms with Crippen molar-refractivity contribution in [3.63, 3.8) is 0 Å². The molecule has 3 rings (SSSR count). The van der Waals surface area contributed by atoms with E-state index in [1.54, 1.807) is 0 Å². The molecule has 1 heterocycles. The summed E-state index contributed by atoms with van der Waals surface area (Å²) in [5, 5.41) is 3.13. The molecule has 156 valence electrons. The van der Waals surface area contributed by atoms with Crippen LogP contribution in [0, 0.1) is 0 Å². The maximum absolute atomic E-state index is 12.3. The SMILES string of the molecule is CCCOc1ccc(OCC(=O)N[C@H]2CCN(Cc3ccccc3)[C@H](C)C2)cc1. The molecule has 0 aromatic heterocycles. The number of benzene rings is 2. The quantitative estimate of drug-likeness (QED) is 0.695. The zero-order valence-electron chi connectivity index (χ0n) is 17.5. The predicted molar refractivity (Wildman–Crippen MR) is 115 cm³/mol. The second-order valence-corrected chi connectivity index (χ2v) is 7.70. The minimum absolute atomic E-state index is 0.0355. The third kappa shape index (κ3) is 6.79. The number of piperidine rings is 1. The molecule has 0 aliphatic carbocycles. The molecule has 1 amide bonds. The topological polar surface area (TPSA) is 50.8 Å². The van der Waals surface area contributed by atoms with E-state index in [9.17, 15) is 4.79 Å². The van der Waals surface area contributed by atoms with Gasteiger partial charge in [0.25, 0.3) is 5.91 Å². The Morgan fingerprint density at radius 2 is 1.76 bits per heavy atom. The number of likely N-dealkylation sites (tertiary alicyclic amines) is 1. The van der Waals surface area contributed by atoms with Gasteiger partial charge >= 0.3 is 0 Å². The van der Waals surface area contributed by atoms with Crippen molar-refractivity contribution >= 4 is 5.91 Å². The number of hydrogen-bond acceptors (Lipinski definition) is 4. The summed E-state index contributed by atoms with van der Waals surface area (Å²) in [5.41, 5.74) is 1.33. The lowest BCUT2D eigenvalue weighted by molar-refractivity contribution is -0.124. The fraction of sp³-hybridized carbons (Fsp3) is 0.458. The molecule has 1 saturated heterocycles. The monoisotopic (exact) mass is 396 g/mol. The lowest BCUT2D eigenvalue weighted by atomic mass is 9.97. The summed E-state index contributed by atoms with van der Waals surface area (Å²) in [6.07, 6.45) is 2.90. The first-order valence-electron chi connectivity index (χ1n) is 10.6. The van der Waals surface area contributed by atoms with Crippen LogP contribution in [0.1, 0.15) is 38.7 Å². The second-order valence-electron chi connectivity index (χ2n) is 7.70. The van der Waals surface area contributed by atoms with Crippen LogP contribution < -0.4 is 14.8 Å². The third-order valence-corrected chi connectivity index (χ3v) is 5.27. The molecule has 2 aromatic carbocycles. The van der Waals surface area contributed by atoms with Crippen molar-refractivity contribution in [3.8, 4) is 11.5 Å². The molecule has 1 fully saturated rings. The summed E-state index contributed by atoms with van der Waals surface area (Å²) in [6.45, 7) is 6.99. The predicted octanol–water partition coefficient (Wildman–Crippen LogP) is 4.02. The van der Waals surface area contributed by atoms with E-state index in [1.807, 2.05) is 30.3 Å². The molecule has 2 atom stereocenters. The molecule has 1 aliphatic heterocycles. The Kier molecular flexibility index (Phi) is 7.94. The molecule has 0 radical (unpaired) electrons. The van der Waals surface area contributed by atoms with Crippen molar-refractivity contribution in [2.24, 2.45) is 0 Å². The van der Waals surface area contributed by atoms with E-state index >= 15 is 0 Å². The highest BCUT2D eigenvalue weighted by atomic mass is 16.5. The molecule has 0 saturated carbocycles. The number of nitrogens with zero attached hydrogens (tertiary/aromatic N) is 1. The number of nitrogens with one attached hydrogen (secondary N) is 1. The van der Waals surface area contributed by atoms with Gasteiger partial charge in [0.15, 0.2) is 6.61 Å². The van der Waals surface area contributed by atoms with Crippen molar-refractivity contribution in [1.29, 1.82) is 0 Å². The lowest BCUT2D eigenvalue weighted by Gasteiger charge is -2.38. The number of carbonyl (C=O) groups is 1. The molecule has 0 unspecified atom stereocenters. The van der Waals surface area contributed by atoms with Crippen LogP contribution in [0.4, 0.5) is 0 Å². The minimum Gasteiger partial charge on any atom is -0.494 e. The van der Waals surface area contributed by atoms with E-state index in [1.165, 1.54) is 5.56 Å². The first kappa shape index (κ1) is 21.2. The summed E-state index contributed by atoms with van der Waals surface area (Å²) in [5.74, 6) is 1.43. The molecule has 2 aromatic rings. The molecule has 0 spiro atoms. The van der Waals surface area contributed by atoms with Gasteiger partial charge in [0.1, 0.15) is 11.5 Å². The van der Waals surface area contributed by atoms with Crippen LogP contribution >= 0.6 is 0 Å². The van der Waals surface area contributed by atoms with Gasteiger partial charge in [-0.1, -0.05) is 37.3 Å². The first-order chi connectivity index (χ1) is 14.1. The van der Waals surface area contributed by atoms with Gasteiger partial charge in [-0.3, -0.25) is 9.69 Å². The van der Waals surface area contributed by atoms with Crippen LogP contribution in [0.5, 0.6) is 11.5 Å². The van der Waals surface area contributed by atoms with Crippen LogP contribution in [-0.2, 0) is 11.3 Å². The highest BCUT2D eigenvalue weighted by molar-refractivity contribution is 5.77. The van der Waals surface area contributed by atoms with Crippen LogP contribution in [-0.4, -0.2) is 42.6 Å². The van der Waals surface area contributed by atoms with Gasteiger partial charge in [-0.05, 0) is 56.0 Å². The molecular formula is C24H32N2O3. The fourth-order valence-corrected chi connectivity index (χ4v) is 3.67. The molecule has 5 nitrogen and oxygen atoms in total. The maximum Gasteiger partial charge on any atom is 0.258 e. The van der Waals surface area contributed by atoms with Crippen molar-refractivity contribution in [1.82, 2.24) is 10.2 Å². The number of hydrogen-bond donors (Lipinski definition) is 1. The average Bonchev–Trinajstić information content (AvgIpc) is 2.74. The third-order valence-electron chi connectivity index (χ3n) is 5.27. The Morgan fingerprint density at radius 1 is 1.07 bits per heavy atom. The number of amides is 1. The summed E-state index contributed by atoms with van der Waals surface area (Å²) < 4.78 is 11.2. The smallest absolute Gasteiger partial charge is 0.258 e. The van der Waals surface area contributed by atoms with Crippen LogP contribution in [0.3, 0.4) is 0 Å². The van der Waals surface area contributed by atoms with Gasteiger partial charge in [-0.25, -0.2) is 0 Å². The zero-order chi connectivity index (χ0) is 20.5. The molecular weight excluding hydrogens is 364 g/mol. The van der Waals surface area contributed by atoms with Crippen LogP contribution in [0.2, 0.25) is 0 Å². The van der Waals surface area contributed by atoms with Crippen LogP contribution in [0.15, 0.2) is 54.6 Å². The van der Waals surface area contributed by atoms with Gasteiger partial charge in [-0.2, -0.15) is 0 Å². The second kappa shape index (κ2) is 10.9. The Bertz CT molecular complexity index is 748. The maximum atomic E-state index is 12.3. The highest BCUT2D eigenvalue weighted by Gasteiger charge is 2.26. The summed E-state index contributed by atoms with van der Waals surface area (Å²) in [7, 11) is 0. The minimum atomic E-state index is -0.0648. The normalized spacial score (nSPS) is 19.5. The van der Waals surface area contributed by atoms with E-state index in [2.05, 4.69) is 48.3 Å². The zero-order valence-corrected chi connectivity index (χ0v) is 17.5. The Hall–Kier alpha value is -2.53. The van der Waals surface area contributed by atoms with Crippen molar-refractivity contribution in [2.75, 3.05) is 19.8 Å².